The number of aliphatic hydroxyl groups excluding tert-OH is 1. The second kappa shape index (κ2) is 19.8. The monoisotopic (exact) mass is 667 g/mol. The summed E-state index contributed by atoms with van der Waals surface area (Å²) in [6, 6.07) is -1.08. The molecule has 15 heteroatoms. The van der Waals surface area contributed by atoms with Gasteiger partial charge < -0.3 is 41.5 Å². The highest BCUT2D eigenvalue weighted by molar-refractivity contribution is 5.90. The Hall–Kier alpha value is -3.72. The van der Waals surface area contributed by atoms with Crippen LogP contribution in [0.25, 0.3) is 0 Å². The van der Waals surface area contributed by atoms with E-state index < -0.39 is 66.6 Å². The minimum Gasteiger partial charge on any atom is -0.465 e. The maximum Gasteiger partial charge on any atom is 0.404 e. The number of aliphatic hydroxyl groups is 1. The molecule has 47 heavy (non-hydrogen) atoms. The van der Waals surface area contributed by atoms with Crippen LogP contribution in [0.15, 0.2) is 6.07 Å². The molecule has 0 bridgehead atoms. The fourth-order valence-corrected chi connectivity index (χ4v) is 4.93. The molecule has 0 spiro atoms. The van der Waals surface area contributed by atoms with Gasteiger partial charge in [0.2, 0.25) is 17.7 Å². The number of ether oxygens (including phenoxy) is 1. The van der Waals surface area contributed by atoms with Gasteiger partial charge in [0.1, 0.15) is 12.1 Å². The second-order valence-electron chi connectivity index (χ2n) is 13.4. The lowest BCUT2D eigenvalue weighted by Gasteiger charge is -2.30. The Bertz CT molecular complexity index is 1190. The molecule has 5 amide bonds. The summed E-state index contributed by atoms with van der Waals surface area (Å²) in [5, 5.41) is 37.8. The smallest absolute Gasteiger partial charge is 0.404 e. The van der Waals surface area contributed by atoms with Crippen LogP contribution in [0.3, 0.4) is 0 Å². The minimum atomic E-state index is -1.39. The molecule has 6 atom stereocenters. The first-order chi connectivity index (χ1) is 21.9. The van der Waals surface area contributed by atoms with Crippen molar-refractivity contribution in [2.45, 2.75) is 112 Å². The van der Waals surface area contributed by atoms with Gasteiger partial charge in [-0.25, -0.2) is 4.79 Å². The molecule has 0 saturated carbocycles. The Labute approximate surface area is 278 Å². The summed E-state index contributed by atoms with van der Waals surface area (Å²) in [5.74, 6) is -2.70. The van der Waals surface area contributed by atoms with Gasteiger partial charge in [0.15, 0.2) is 6.10 Å². The summed E-state index contributed by atoms with van der Waals surface area (Å²) in [6.45, 7) is 16.8. The predicted octanol–water partition coefficient (Wildman–Crippen LogP) is 1.10. The van der Waals surface area contributed by atoms with Crippen LogP contribution in [-0.2, 0) is 30.5 Å². The van der Waals surface area contributed by atoms with Gasteiger partial charge in [-0.2, -0.15) is 5.10 Å². The molecule has 268 valence electrons. The number of aryl methyl sites for hydroxylation is 2. The van der Waals surface area contributed by atoms with E-state index in [9.17, 15) is 34.2 Å². The van der Waals surface area contributed by atoms with Gasteiger partial charge in [-0.1, -0.05) is 48.5 Å². The van der Waals surface area contributed by atoms with Crippen LogP contribution < -0.4 is 26.6 Å². The highest BCUT2D eigenvalue weighted by Crippen LogP contribution is 2.17. The van der Waals surface area contributed by atoms with E-state index in [-0.39, 0.29) is 36.6 Å². The van der Waals surface area contributed by atoms with Crippen molar-refractivity contribution in [1.82, 2.24) is 36.4 Å². The van der Waals surface area contributed by atoms with Crippen molar-refractivity contribution in [3.8, 4) is 0 Å². The zero-order valence-corrected chi connectivity index (χ0v) is 29.5. The third-order valence-electron chi connectivity index (χ3n) is 7.60. The summed E-state index contributed by atoms with van der Waals surface area (Å²) in [7, 11) is 1.34. The molecule has 1 rings (SSSR count). The number of carboxylic acid groups (broad SMARTS) is 1. The minimum absolute atomic E-state index is 0.0258. The van der Waals surface area contributed by atoms with Crippen molar-refractivity contribution in [2.75, 3.05) is 20.2 Å². The molecule has 0 aliphatic carbocycles. The Kier molecular flexibility index (Phi) is 17.4. The molecule has 0 aliphatic heterocycles. The quantitative estimate of drug-likeness (QED) is 0.106. The number of methoxy groups -OCH3 is 1. The van der Waals surface area contributed by atoms with E-state index >= 15 is 0 Å². The molecule has 1 heterocycles. The molecule has 1 aromatic rings. The van der Waals surface area contributed by atoms with Crippen LogP contribution in [-0.4, -0.2) is 100 Å². The number of aromatic nitrogens is 2. The molecule has 0 fully saturated rings. The van der Waals surface area contributed by atoms with Crippen molar-refractivity contribution in [3.05, 3.63) is 17.5 Å². The van der Waals surface area contributed by atoms with E-state index in [0.29, 0.717) is 13.0 Å². The third-order valence-corrected chi connectivity index (χ3v) is 7.60. The number of carbonyl (C=O) groups excluding carboxylic acids is 4. The SMILES string of the molecule is CO[C@@H](Cn1nc(C)cc1C)C(=O)N[C@@H](CNC(=O)O)C(=O)N[C@@H](CC(C)C)[C@H](O)C[C@@H](C)C(=O)N[C@H](C(=O)NCC(C)C)C(C)C. The fourth-order valence-electron chi connectivity index (χ4n) is 4.93. The third kappa shape index (κ3) is 14.7. The predicted molar refractivity (Wildman–Crippen MR) is 176 cm³/mol. The number of hydrogen-bond donors (Lipinski definition) is 7. The molecule has 0 saturated heterocycles. The molecule has 7 N–H and O–H groups in total. The Morgan fingerprint density at radius 1 is 0.830 bits per heavy atom. The molecule has 0 unspecified atom stereocenters. The van der Waals surface area contributed by atoms with Gasteiger partial charge in [0.05, 0.1) is 30.9 Å². The molecule has 0 radical (unpaired) electrons. The van der Waals surface area contributed by atoms with Crippen LogP contribution in [0.4, 0.5) is 4.79 Å². The maximum atomic E-state index is 13.5. The topological polar surface area (TPSA) is 213 Å². The molecule has 0 aliphatic rings. The van der Waals surface area contributed by atoms with Crippen LogP contribution in [0, 0.1) is 37.5 Å². The summed E-state index contributed by atoms with van der Waals surface area (Å²) in [4.78, 5) is 63.8. The number of hydrogen-bond acceptors (Lipinski definition) is 8. The summed E-state index contributed by atoms with van der Waals surface area (Å²) in [6.07, 6.45) is -3.29. The van der Waals surface area contributed by atoms with Crippen molar-refractivity contribution < 1.29 is 38.9 Å². The number of amides is 5. The Morgan fingerprint density at radius 3 is 1.96 bits per heavy atom. The van der Waals surface area contributed by atoms with Gasteiger partial charge >= 0.3 is 6.09 Å². The van der Waals surface area contributed by atoms with E-state index in [1.807, 2.05) is 61.5 Å². The van der Waals surface area contributed by atoms with E-state index in [0.717, 1.165) is 11.4 Å². The maximum absolute atomic E-state index is 13.5. The number of carbonyl (C=O) groups is 5. The standard InChI is InChI=1S/C32H57N7O8/c1-17(2)11-23(25(40)12-20(7)28(41)37-27(19(5)6)31(44)33-14-18(3)4)35-29(42)24(15-34-32(45)46)36-30(43)26(47-10)16-39-22(9)13-21(8)38-39/h13,17-20,23-27,34,40H,11-12,14-16H2,1-10H3,(H,33,44)(H,35,42)(H,36,43)(H,37,41)(H,45,46)/t20-,23+,24+,25-,26+,27+/m1/s1. The van der Waals surface area contributed by atoms with Crippen LogP contribution in [0.2, 0.25) is 0 Å². The normalized spacial score (nSPS) is 15.4. The Balaban J connectivity index is 3.05. The number of nitrogens with one attached hydrogen (secondary N) is 5. The lowest BCUT2D eigenvalue weighted by Crippen LogP contribution is -2.58. The van der Waals surface area contributed by atoms with Crippen molar-refractivity contribution in [3.63, 3.8) is 0 Å². The van der Waals surface area contributed by atoms with E-state index in [1.165, 1.54) is 7.11 Å². The molecular formula is C32H57N7O8. The fraction of sp³-hybridized carbons (Fsp3) is 0.750. The average molecular weight is 668 g/mol. The summed E-state index contributed by atoms with van der Waals surface area (Å²) < 4.78 is 6.96. The van der Waals surface area contributed by atoms with Gasteiger partial charge in [-0.05, 0) is 50.5 Å². The first-order valence-electron chi connectivity index (χ1n) is 16.2. The zero-order chi connectivity index (χ0) is 36.0. The van der Waals surface area contributed by atoms with E-state index in [4.69, 9.17) is 4.74 Å². The molecular weight excluding hydrogens is 610 g/mol. The molecule has 1 aromatic heterocycles. The van der Waals surface area contributed by atoms with E-state index in [1.54, 1.807) is 11.6 Å². The van der Waals surface area contributed by atoms with Gasteiger partial charge in [0.25, 0.3) is 5.91 Å². The largest absolute Gasteiger partial charge is 0.465 e. The van der Waals surface area contributed by atoms with Crippen LogP contribution in [0.5, 0.6) is 0 Å². The number of rotatable bonds is 20. The van der Waals surface area contributed by atoms with Crippen molar-refractivity contribution in [1.29, 1.82) is 0 Å². The average Bonchev–Trinajstić information content (AvgIpc) is 3.29. The first-order valence-corrected chi connectivity index (χ1v) is 16.2. The molecule has 15 nitrogen and oxygen atoms in total. The Morgan fingerprint density at radius 2 is 1.47 bits per heavy atom. The molecule has 0 aromatic carbocycles. The van der Waals surface area contributed by atoms with Crippen molar-refractivity contribution in [2.24, 2.45) is 23.7 Å². The van der Waals surface area contributed by atoms with Crippen LogP contribution >= 0.6 is 0 Å². The van der Waals surface area contributed by atoms with Crippen molar-refractivity contribution >= 4 is 29.7 Å². The first kappa shape index (κ1) is 41.3. The van der Waals surface area contributed by atoms with E-state index in [2.05, 4.69) is 31.7 Å². The number of nitrogens with zero attached hydrogens (tertiary/aromatic N) is 2. The lowest BCUT2D eigenvalue weighted by atomic mass is 9.91. The summed E-state index contributed by atoms with van der Waals surface area (Å²) in [5.41, 5.74) is 1.57. The summed E-state index contributed by atoms with van der Waals surface area (Å²) >= 11 is 0. The van der Waals surface area contributed by atoms with Gasteiger partial charge in [-0.15, -0.1) is 0 Å². The highest BCUT2D eigenvalue weighted by atomic mass is 16.5. The van der Waals surface area contributed by atoms with Crippen LogP contribution in [0.1, 0.15) is 72.7 Å². The lowest BCUT2D eigenvalue weighted by molar-refractivity contribution is -0.136. The van der Waals surface area contributed by atoms with Gasteiger partial charge in [0, 0.05) is 25.3 Å². The highest BCUT2D eigenvalue weighted by Gasteiger charge is 2.33. The zero-order valence-electron chi connectivity index (χ0n) is 29.5. The van der Waals surface area contributed by atoms with Gasteiger partial charge in [-0.3, -0.25) is 23.9 Å². The second-order valence-corrected chi connectivity index (χ2v) is 13.4.